The number of carbonyl (C=O) groups is 1. The predicted octanol–water partition coefficient (Wildman–Crippen LogP) is 2.44. The van der Waals surface area contributed by atoms with Gasteiger partial charge in [0, 0.05) is 30.8 Å². The maximum absolute atomic E-state index is 12.7. The average Bonchev–Trinajstić information content (AvgIpc) is 3.30. The molecule has 7 heteroatoms. The van der Waals surface area contributed by atoms with Gasteiger partial charge >= 0.3 is 0 Å². The highest BCUT2D eigenvalue weighted by molar-refractivity contribution is 7.89. The summed E-state index contributed by atoms with van der Waals surface area (Å²) in [5, 5.41) is 5.06. The molecule has 1 fully saturated rings. The molecule has 2 atom stereocenters. The fraction of sp³-hybridized carbons (Fsp3) is 0.435. The SMILES string of the molecule is C[C@H]([NH2+][C@@H]1CCCc2ccccc21)C(=O)Nc1ccc(S(=O)(=O)N2CCCC2)cc1. The van der Waals surface area contributed by atoms with Crippen LogP contribution in [0.15, 0.2) is 53.4 Å². The minimum absolute atomic E-state index is 0.0757. The number of quaternary nitrogens is 1. The Bertz CT molecular complexity index is 999. The number of nitrogens with one attached hydrogen (secondary N) is 1. The number of rotatable bonds is 6. The number of anilines is 1. The largest absolute Gasteiger partial charge is 0.330 e. The molecule has 30 heavy (non-hydrogen) atoms. The molecule has 0 bridgehead atoms. The molecule has 1 saturated heterocycles. The van der Waals surface area contributed by atoms with Gasteiger partial charge in [-0.25, -0.2) is 8.42 Å². The first-order chi connectivity index (χ1) is 14.4. The summed E-state index contributed by atoms with van der Waals surface area (Å²) >= 11 is 0. The summed E-state index contributed by atoms with van der Waals surface area (Å²) in [5.74, 6) is -0.0757. The van der Waals surface area contributed by atoms with Gasteiger partial charge in [-0.3, -0.25) is 4.79 Å². The van der Waals surface area contributed by atoms with Gasteiger partial charge < -0.3 is 10.6 Å². The Morgan fingerprint density at radius 1 is 1.07 bits per heavy atom. The van der Waals surface area contributed by atoms with Crippen LogP contribution in [-0.4, -0.2) is 37.8 Å². The third-order valence-electron chi connectivity index (χ3n) is 6.18. The molecule has 160 valence electrons. The highest BCUT2D eigenvalue weighted by atomic mass is 32.2. The Morgan fingerprint density at radius 3 is 2.50 bits per heavy atom. The molecule has 2 aromatic carbocycles. The number of benzene rings is 2. The molecular formula is C23H30N3O3S+. The van der Waals surface area contributed by atoms with E-state index in [2.05, 4.69) is 34.9 Å². The van der Waals surface area contributed by atoms with E-state index >= 15 is 0 Å². The van der Waals surface area contributed by atoms with E-state index in [0.29, 0.717) is 24.8 Å². The number of hydrogen-bond donors (Lipinski definition) is 2. The van der Waals surface area contributed by atoms with Gasteiger partial charge in [-0.15, -0.1) is 0 Å². The van der Waals surface area contributed by atoms with Crippen LogP contribution in [-0.2, 0) is 21.2 Å². The third-order valence-corrected chi connectivity index (χ3v) is 8.09. The second kappa shape index (κ2) is 8.88. The Hall–Kier alpha value is -2.22. The van der Waals surface area contributed by atoms with E-state index in [1.165, 1.54) is 15.4 Å². The average molecular weight is 429 g/mol. The van der Waals surface area contributed by atoms with Crippen molar-refractivity contribution < 1.29 is 18.5 Å². The van der Waals surface area contributed by atoms with E-state index in [-0.39, 0.29) is 16.8 Å². The van der Waals surface area contributed by atoms with Crippen molar-refractivity contribution in [3.8, 4) is 0 Å². The lowest BCUT2D eigenvalue weighted by Gasteiger charge is -2.26. The number of carbonyl (C=O) groups excluding carboxylic acids is 1. The Morgan fingerprint density at radius 2 is 1.77 bits per heavy atom. The molecular weight excluding hydrogens is 398 g/mol. The first-order valence-corrected chi connectivity index (χ1v) is 12.2. The van der Waals surface area contributed by atoms with Gasteiger partial charge in [-0.1, -0.05) is 24.3 Å². The minimum Gasteiger partial charge on any atom is -0.330 e. The van der Waals surface area contributed by atoms with Gasteiger partial charge in [0.2, 0.25) is 10.0 Å². The minimum atomic E-state index is -3.43. The molecule has 1 heterocycles. The normalized spacial score (nSPS) is 20.5. The fourth-order valence-corrected chi connectivity index (χ4v) is 5.99. The van der Waals surface area contributed by atoms with Gasteiger partial charge in [-0.2, -0.15) is 4.31 Å². The molecule has 0 saturated carbocycles. The van der Waals surface area contributed by atoms with Crippen molar-refractivity contribution in [3.63, 3.8) is 0 Å². The fourth-order valence-electron chi connectivity index (χ4n) is 4.47. The van der Waals surface area contributed by atoms with Crippen molar-refractivity contribution in [1.29, 1.82) is 0 Å². The van der Waals surface area contributed by atoms with Crippen molar-refractivity contribution in [2.75, 3.05) is 18.4 Å². The Kier molecular flexibility index (Phi) is 6.22. The molecule has 1 aliphatic heterocycles. The standard InChI is InChI=1S/C23H29N3O3S/c1-17(24-22-10-6-8-18-7-2-3-9-21(18)22)23(27)25-19-11-13-20(14-12-19)30(28,29)26-15-4-5-16-26/h2-3,7,9,11-14,17,22,24H,4-6,8,10,15-16H2,1H3,(H,25,27)/p+1/t17-,22+/m0/s1. The van der Waals surface area contributed by atoms with Crippen LogP contribution in [0.1, 0.15) is 49.8 Å². The maximum Gasteiger partial charge on any atom is 0.282 e. The van der Waals surface area contributed by atoms with Gasteiger partial charge in [0.05, 0.1) is 4.90 Å². The van der Waals surface area contributed by atoms with Crippen LogP contribution in [0.2, 0.25) is 0 Å². The Balaban J connectivity index is 1.38. The number of sulfonamides is 1. The van der Waals surface area contributed by atoms with E-state index in [9.17, 15) is 13.2 Å². The number of nitrogens with two attached hydrogens (primary N) is 1. The van der Waals surface area contributed by atoms with Crippen LogP contribution < -0.4 is 10.6 Å². The molecule has 2 aliphatic rings. The smallest absolute Gasteiger partial charge is 0.282 e. The summed E-state index contributed by atoms with van der Waals surface area (Å²) in [6, 6.07) is 15.0. The number of amides is 1. The summed E-state index contributed by atoms with van der Waals surface area (Å²) in [6.45, 7) is 3.08. The van der Waals surface area contributed by atoms with E-state index in [1.807, 2.05) is 6.92 Å². The summed E-state index contributed by atoms with van der Waals surface area (Å²) in [6.07, 6.45) is 5.13. The highest BCUT2D eigenvalue weighted by Gasteiger charge is 2.28. The predicted molar refractivity (Wildman–Crippen MR) is 117 cm³/mol. The summed E-state index contributed by atoms with van der Waals surface area (Å²) in [7, 11) is -3.43. The van der Waals surface area contributed by atoms with Crippen LogP contribution in [0, 0.1) is 0 Å². The third kappa shape index (κ3) is 4.43. The summed E-state index contributed by atoms with van der Waals surface area (Å²) < 4.78 is 26.8. The lowest BCUT2D eigenvalue weighted by atomic mass is 9.87. The van der Waals surface area contributed by atoms with Crippen molar-refractivity contribution in [2.45, 2.75) is 56.0 Å². The number of aryl methyl sites for hydroxylation is 1. The first kappa shape index (κ1) is 21.0. The van der Waals surface area contributed by atoms with Crippen molar-refractivity contribution in [2.24, 2.45) is 0 Å². The van der Waals surface area contributed by atoms with Crippen molar-refractivity contribution >= 4 is 21.6 Å². The van der Waals surface area contributed by atoms with Crippen LogP contribution >= 0.6 is 0 Å². The first-order valence-electron chi connectivity index (χ1n) is 10.8. The van der Waals surface area contributed by atoms with E-state index in [1.54, 1.807) is 24.3 Å². The van der Waals surface area contributed by atoms with Crippen molar-refractivity contribution in [3.05, 3.63) is 59.7 Å². The van der Waals surface area contributed by atoms with Crippen LogP contribution in [0.25, 0.3) is 0 Å². The van der Waals surface area contributed by atoms with Crippen LogP contribution in [0.4, 0.5) is 5.69 Å². The maximum atomic E-state index is 12.7. The molecule has 6 nitrogen and oxygen atoms in total. The molecule has 3 N–H and O–H groups in total. The van der Waals surface area contributed by atoms with Gasteiger partial charge in [-0.05, 0) is 62.4 Å². The second-order valence-corrected chi connectivity index (χ2v) is 10.2. The Labute approximate surface area is 178 Å². The van der Waals surface area contributed by atoms with Crippen LogP contribution in [0.3, 0.4) is 0 Å². The second-order valence-electron chi connectivity index (χ2n) is 8.30. The van der Waals surface area contributed by atoms with E-state index in [0.717, 1.165) is 32.1 Å². The summed E-state index contributed by atoms with van der Waals surface area (Å²) in [5.41, 5.74) is 3.33. The summed E-state index contributed by atoms with van der Waals surface area (Å²) in [4.78, 5) is 13.0. The number of nitrogens with zero attached hydrogens (tertiary/aromatic N) is 1. The molecule has 2 aromatic rings. The molecule has 1 aliphatic carbocycles. The van der Waals surface area contributed by atoms with Crippen LogP contribution in [0.5, 0.6) is 0 Å². The van der Waals surface area contributed by atoms with Gasteiger partial charge in [0.25, 0.3) is 5.91 Å². The monoisotopic (exact) mass is 428 g/mol. The zero-order valence-corrected chi connectivity index (χ0v) is 18.2. The number of hydrogen-bond acceptors (Lipinski definition) is 3. The zero-order chi connectivity index (χ0) is 21.1. The molecule has 0 aromatic heterocycles. The lowest BCUT2D eigenvalue weighted by molar-refractivity contribution is -0.714. The van der Waals surface area contributed by atoms with E-state index in [4.69, 9.17) is 0 Å². The number of fused-ring (bicyclic) bond motifs is 1. The van der Waals surface area contributed by atoms with Crippen molar-refractivity contribution in [1.82, 2.24) is 4.31 Å². The topological polar surface area (TPSA) is 83.1 Å². The quantitative estimate of drug-likeness (QED) is 0.741. The van der Waals surface area contributed by atoms with Gasteiger partial charge in [0.15, 0.2) is 6.04 Å². The molecule has 1 amide bonds. The zero-order valence-electron chi connectivity index (χ0n) is 17.4. The molecule has 4 rings (SSSR count). The molecule has 0 spiro atoms. The molecule has 0 radical (unpaired) electrons. The lowest BCUT2D eigenvalue weighted by Crippen LogP contribution is -2.92. The van der Waals surface area contributed by atoms with Gasteiger partial charge in [0.1, 0.15) is 6.04 Å². The van der Waals surface area contributed by atoms with E-state index < -0.39 is 10.0 Å². The molecule has 0 unspecified atom stereocenters. The highest BCUT2D eigenvalue weighted by Crippen LogP contribution is 2.27.